The Morgan fingerprint density at radius 3 is 2.83 bits per heavy atom. The lowest BCUT2D eigenvalue weighted by molar-refractivity contribution is 0.317. The first-order valence-corrected chi connectivity index (χ1v) is 8.55. The first-order chi connectivity index (χ1) is 11.3. The van der Waals surface area contributed by atoms with Crippen molar-refractivity contribution in [3.63, 3.8) is 0 Å². The van der Waals surface area contributed by atoms with Gasteiger partial charge >= 0.3 is 0 Å². The highest BCUT2D eigenvalue weighted by Gasteiger charge is 2.11. The summed E-state index contributed by atoms with van der Waals surface area (Å²) in [5.41, 5.74) is 1.86. The van der Waals surface area contributed by atoms with E-state index in [1.165, 1.54) is 0 Å². The zero-order chi connectivity index (χ0) is 16.1. The van der Waals surface area contributed by atoms with Crippen molar-refractivity contribution in [3.05, 3.63) is 52.5 Å². The fraction of sp³-hybridized carbons (Fsp3) is 0.176. The average Bonchev–Trinajstić information content (AvgIpc) is 3.25. The van der Waals surface area contributed by atoms with E-state index in [4.69, 9.17) is 20.9 Å². The van der Waals surface area contributed by atoms with Crippen LogP contribution in [0.1, 0.15) is 24.8 Å². The minimum absolute atomic E-state index is 0.305. The molecular formula is C17H15ClN2O2S. The minimum Gasteiger partial charge on any atom is -0.494 e. The summed E-state index contributed by atoms with van der Waals surface area (Å²) in [6.45, 7) is 2.79. The molecule has 0 spiro atoms. The van der Waals surface area contributed by atoms with Crippen molar-refractivity contribution in [2.45, 2.75) is 13.3 Å². The SMILES string of the molecule is CCCOc1ccc(/C=C(\Cl)c2nc(-c3ccsc3)no2)cc1. The fourth-order valence-electron chi connectivity index (χ4n) is 1.92. The quantitative estimate of drug-likeness (QED) is 0.605. The Morgan fingerprint density at radius 1 is 1.30 bits per heavy atom. The predicted molar refractivity (Wildman–Crippen MR) is 93.6 cm³/mol. The smallest absolute Gasteiger partial charge is 0.269 e. The van der Waals surface area contributed by atoms with Gasteiger partial charge in [0.05, 0.1) is 6.61 Å². The number of thiophene rings is 1. The van der Waals surface area contributed by atoms with Gasteiger partial charge in [-0.15, -0.1) is 0 Å². The molecule has 0 aliphatic carbocycles. The summed E-state index contributed by atoms with van der Waals surface area (Å²) in [5.74, 6) is 1.69. The van der Waals surface area contributed by atoms with Crippen LogP contribution in [-0.2, 0) is 0 Å². The van der Waals surface area contributed by atoms with E-state index in [1.807, 2.05) is 41.1 Å². The molecular weight excluding hydrogens is 332 g/mol. The van der Waals surface area contributed by atoms with Gasteiger partial charge in [-0.1, -0.05) is 35.8 Å². The highest BCUT2D eigenvalue weighted by molar-refractivity contribution is 7.08. The summed E-state index contributed by atoms with van der Waals surface area (Å²) >= 11 is 7.86. The van der Waals surface area contributed by atoms with Gasteiger partial charge < -0.3 is 9.26 Å². The Morgan fingerprint density at radius 2 is 2.13 bits per heavy atom. The maximum atomic E-state index is 6.28. The predicted octanol–water partition coefficient (Wildman–Crippen LogP) is 5.32. The summed E-state index contributed by atoms with van der Waals surface area (Å²) in [6, 6.07) is 9.63. The zero-order valence-electron chi connectivity index (χ0n) is 12.5. The van der Waals surface area contributed by atoms with Crippen LogP contribution in [0.15, 0.2) is 45.6 Å². The van der Waals surface area contributed by atoms with Crippen molar-refractivity contribution >= 4 is 34.0 Å². The van der Waals surface area contributed by atoms with Crippen molar-refractivity contribution in [3.8, 4) is 17.1 Å². The molecule has 1 aromatic carbocycles. The summed E-state index contributed by atoms with van der Waals surface area (Å²) in [6.07, 6.45) is 2.77. The van der Waals surface area contributed by atoms with Crippen molar-refractivity contribution < 1.29 is 9.26 Å². The number of hydrogen-bond donors (Lipinski definition) is 0. The van der Waals surface area contributed by atoms with Gasteiger partial charge in [-0.3, -0.25) is 0 Å². The van der Waals surface area contributed by atoms with Gasteiger partial charge in [0.25, 0.3) is 5.89 Å². The molecule has 6 heteroatoms. The summed E-state index contributed by atoms with van der Waals surface area (Å²) < 4.78 is 10.8. The molecule has 118 valence electrons. The number of ether oxygens (including phenoxy) is 1. The molecule has 0 atom stereocenters. The number of halogens is 1. The largest absolute Gasteiger partial charge is 0.494 e. The van der Waals surface area contributed by atoms with Gasteiger partial charge in [-0.25, -0.2) is 0 Å². The van der Waals surface area contributed by atoms with Crippen LogP contribution in [0.25, 0.3) is 22.5 Å². The number of benzene rings is 1. The highest BCUT2D eigenvalue weighted by Crippen LogP contribution is 2.25. The molecule has 0 bridgehead atoms. The third-order valence-electron chi connectivity index (χ3n) is 3.06. The molecule has 0 aliphatic rings. The van der Waals surface area contributed by atoms with Crippen LogP contribution >= 0.6 is 22.9 Å². The lowest BCUT2D eigenvalue weighted by atomic mass is 10.2. The van der Waals surface area contributed by atoms with Crippen LogP contribution in [0.2, 0.25) is 0 Å². The maximum Gasteiger partial charge on any atom is 0.269 e. The Hall–Kier alpha value is -2.11. The summed E-state index contributed by atoms with van der Waals surface area (Å²) in [4.78, 5) is 4.31. The van der Waals surface area contributed by atoms with Crippen molar-refractivity contribution in [1.29, 1.82) is 0 Å². The first-order valence-electron chi connectivity index (χ1n) is 7.23. The van der Waals surface area contributed by atoms with E-state index in [0.29, 0.717) is 23.4 Å². The third kappa shape index (κ3) is 4.00. The molecule has 3 aromatic rings. The molecule has 0 N–H and O–H groups in total. The van der Waals surface area contributed by atoms with Crippen molar-refractivity contribution in [2.75, 3.05) is 6.61 Å². The van der Waals surface area contributed by atoms with E-state index < -0.39 is 0 Å². The summed E-state index contributed by atoms with van der Waals surface area (Å²) in [7, 11) is 0. The molecule has 4 nitrogen and oxygen atoms in total. The standard InChI is InChI=1S/C17H15ClN2O2S/c1-2-8-21-14-5-3-12(4-6-14)10-15(18)17-19-16(20-22-17)13-7-9-23-11-13/h3-7,9-11H,2,8H2,1H3/b15-10-. The van der Waals surface area contributed by atoms with E-state index in [2.05, 4.69) is 17.1 Å². The zero-order valence-corrected chi connectivity index (χ0v) is 14.1. The molecule has 3 rings (SSSR count). The fourth-order valence-corrected chi connectivity index (χ4v) is 2.75. The van der Waals surface area contributed by atoms with E-state index >= 15 is 0 Å². The second kappa shape index (κ2) is 7.44. The molecule has 0 unspecified atom stereocenters. The molecule has 0 fully saturated rings. The van der Waals surface area contributed by atoms with Crippen LogP contribution < -0.4 is 4.74 Å². The molecule has 2 aromatic heterocycles. The molecule has 0 radical (unpaired) electrons. The van der Waals surface area contributed by atoms with E-state index in [1.54, 1.807) is 17.4 Å². The molecule has 23 heavy (non-hydrogen) atoms. The van der Waals surface area contributed by atoms with Crippen LogP contribution in [0.4, 0.5) is 0 Å². The summed E-state index contributed by atoms with van der Waals surface area (Å²) in [5, 5.41) is 8.27. The van der Waals surface area contributed by atoms with Crippen LogP contribution in [0.3, 0.4) is 0 Å². The second-order valence-electron chi connectivity index (χ2n) is 4.84. The average molecular weight is 347 g/mol. The number of aromatic nitrogens is 2. The topological polar surface area (TPSA) is 48.2 Å². The van der Waals surface area contributed by atoms with Crippen molar-refractivity contribution in [2.24, 2.45) is 0 Å². The van der Waals surface area contributed by atoms with Gasteiger partial charge in [-0.2, -0.15) is 16.3 Å². The molecule has 0 saturated carbocycles. The molecule has 0 aliphatic heterocycles. The number of nitrogens with zero attached hydrogens (tertiary/aromatic N) is 2. The van der Waals surface area contributed by atoms with E-state index in [-0.39, 0.29) is 0 Å². The normalized spacial score (nSPS) is 11.7. The Kier molecular flexibility index (Phi) is 5.10. The Bertz CT molecular complexity index is 779. The molecule has 0 saturated heterocycles. The van der Waals surface area contributed by atoms with Crippen LogP contribution in [0, 0.1) is 0 Å². The van der Waals surface area contributed by atoms with Gasteiger partial charge in [0.15, 0.2) is 0 Å². The van der Waals surface area contributed by atoms with Gasteiger partial charge in [0.1, 0.15) is 10.8 Å². The maximum absolute atomic E-state index is 6.28. The second-order valence-corrected chi connectivity index (χ2v) is 6.03. The van der Waals surface area contributed by atoms with E-state index in [9.17, 15) is 0 Å². The molecule has 0 amide bonds. The van der Waals surface area contributed by atoms with Crippen molar-refractivity contribution in [1.82, 2.24) is 10.1 Å². The van der Waals surface area contributed by atoms with Gasteiger partial charge in [0.2, 0.25) is 5.82 Å². The highest BCUT2D eigenvalue weighted by atomic mass is 35.5. The Labute approximate surface area is 143 Å². The molecule has 2 heterocycles. The lowest BCUT2D eigenvalue weighted by Crippen LogP contribution is -1.94. The van der Waals surface area contributed by atoms with Crippen LogP contribution in [0.5, 0.6) is 5.75 Å². The third-order valence-corrected chi connectivity index (χ3v) is 4.01. The van der Waals surface area contributed by atoms with Gasteiger partial charge in [0, 0.05) is 10.9 Å². The van der Waals surface area contributed by atoms with Gasteiger partial charge in [-0.05, 0) is 41.6 Å². The van der Waals surface area contributed by atoms with Crippen LogP contribution in [-0.4, -0.2) is 16.7 Å². The number of hydrogen-bond acceptors (Lipinski definition) is 5. The monoisotopic (exact) mass is 346 g/mol. The van der Waals surface area contributed by atoms with E-state index in [0.717, 1.165) is 23.3 Å². The first kappa shape index (κ1) is 15.8. The Balaban J connectivity index is 1.74. The number of rotatable bonds is 6. The lowest BCUT2D eigenvalue weighted by Gasteiger charge is -2.04. The minimum atomic E-state index is 0.305.